The van der Waals surface area contributed by atoms with Gasteiger partial charge in [0.05, 0.1) is 19.1 Å². The zero-order chi connectivity index (χ0) is 17.7. The molecule has 0 spiro atoms. The lowest BCUT2D eigenvalue weighted by Gasteiger charge is -2.14. The van der Waals surface area contributed by atoms with E-state index in [9.17, 15) is 13.2 Å². The third-order valence-corrected chi connectivity index (χ3v) is 4.99. The van der Waals surface area contributed by atoms with Gasteiger partial charge in [-0.25, -0.2) is 8.42 Å². The summed E-state index contributed by atoms with van der Waals surface area (Å²) in [5.74, 6) is 0.172. The Kier molecular flexibility index (Phi) is 5.55. The van der Waals surface area contributed by atoms with E-state index in [1.807, 2.05) is 0 Å². The van der Waals surface area contributed by atoms with Crippen molar-refractivity contribution in [2.45, 2.75) is 4.90 Å². The van der Waals surface area contributed by atoms with E-state index in [4.69, 9.17) is 9.57 Å². The number of methoxy groups -OCH3 is 1. The van der Waals surface area contributed by atoms with E-state index in [0.717, 1.165) is 4.47 Å². The molecule has 0 atom stereocenters. The van der Waals surface area contributed by atoms with Gasteiger partial charge in [0.15, 0.2) is 0 Å². The highest BCUT2D eigenvalue weighted by molar-refractivity contribution is 7.89. The van der Waals surface area contributed by atoms with Gasteiger partial charge in [-0.05, 0) is 30.3 Å². The summed E-state index contributed by atoms with van der Waals surface area (Å²) in [7, 11) is 0.235. The molecule has 1 N–H and O–H groups in total. The molecule has 0 bridgehead atoms. The van der Waals surface area contributed by atoms with Gasteiger partial charge in [0.2, 0.25) is 0 Å². The van der Waals surface area contributed by atoms with Gasteiger partial charge in [-0.1, -0.05) is 16.6 Å². The van der Waals surface area contributed by atoms with Crippen LogP contribution in [0, 0.1) is 0 Å². The molecule has 0 radical (unpaired) electrons. The van der Waals surface area contributed by atoms with Crippen molar-refractivity contribution in [1.29, 1.82) is 0 Å². The molecule has 0 aliphatic rings. The van der Waals surface area contributed by atoms with E-state index < -0.39 is 15.9 Å². The van der Waals surface area contributed by atoms with E-state index in [0.29, 0.717) is 11.4 Å². The number of nitrogens with one attached hydrogen (secondary N) is 1. The molecule has 0 aliphatic carbocycles. The predicted octanol–water partition coefficient (Wildman–Crippen LogP) is 2.13. The summed E-state index contributed by atoms with van der Waals surface area (Å²) >= 11 is 0. The molecule has 0 saturated heterocycles. The van der Waals surface area contributed by atoms with Crippen molar-refractivity contribution in [3.63, 3.8) is 0 Å². The molecule has 1 amide bonds. The lowest BCUT2D eigenvalue weighted by atomic mass is 10.2. The zero-order valence-electron chi connectivity index (χ0n) is 13.5. The average Bonchev–Trinajstić information content (AvgIpc) is 2.61. The number of rotatable bonds is 6. The molecule has 2 aromatic rings. The van der Waals surface area contributed by atoms with Crippen LogP contribution in [0.2, 0.25) is 0 Å². The van der Waals surface area contributed by atoms with Crippen molar-refractivity contribution in [3.05, 3.63) is 54.1 Å². The van der Waals surface area contributed by atoms with Crippen LogP contribution in [0.25, 0.3) is 0 Å². The molecule has 128 valence electrons. The Hall–Kier alpha value is -2.42. The van der Waals surface area contributed by atoms with E-state index in [1.165, 1.54) is 45.5 Å². The number of anilines is 1. The van der Waals surface area contributed by atoms with Gasteiger partial charge in [0.25, 0.3) is 15.9 Å². The molecule has 0 saturated carbocycles. The summed E-state index contributed by atoms with van der Waals surface area (Å²) in [5, 5.41) is 2.70. The molecule has 0 aliphatic heterocycles. The highest BCUT2D eigenvalue weighted by atomic mass is 32.2. The van der Waals surface area contributed by atoms with Gasteiger partial charge in [-0.2, -0.15) is 0 Å². The fourth-order valence-corrected chi connectivity index (χ4v) is 2.97. The quantitative estimate of drug-likeness (QED) is 0.807. The highest BCUT2D eigenvalue weighted by Gasteiger charge is 2.21. The second-order valence-corrected chi connectivity index (χ2v) is 6.75. The number of sulfonamides is 1. The Bertz CT molecular complexity index is 836. The number of carbonyl (C=O) groups is 1. The molecule has 8 heteroatoms. The van der Waals surface area contributed by atoms with Gasteiger partial charge in [-0.3, -0.25) is 9.63 Å². The lowest BCUT2D eigenvalue weighted by molar-refractivity contribution is -0.0258. The molecular formula is C16H18N2O5S. The predicted molar refractivity (Wildman–Crippen MR) is 89.3 cm³/mol. The van der Waals surface area contributed by atoms with E-state index >= 15 is 0 Å². The van der Waals surface area contributed by atoms with Crippen molar-refractivity contribution >= 4 is 21.6 Å². The summed E-state index contributed by atoms with van der Waals surface area (Å²) in [6, 6.07) is 12.6. The van der Waals surface area contributed by atoms with Crippen molar-refractivity contribution in [2.24, 2.45) is 0 Å². The van der Waals surface area contributed by atoms with Gasteiger partial charge in [-0.15, -0.1) is 0 Å². The van der Waals surface area contributed by atoms with Crippen molar-refractivity contribution in [1.82, 2.24) is 4.47 Å². The third-order valence-electron chi connectivity index (χ3n) is 3.32. The Balaban J connectivity index is 2.26. The second-order valence-electron chi connectivity index (χ2n) is 4.81. The summed E-state index contributed by atoms with van der Waals surface area (Å²) in [5.41, 5.74) is 0.755. The van der Waals surface area contributed by atoms with Crippen LogP contribution in [0.3, 0.4) is 0 Å². The van der Waals surface area contributed by atoms with Crippen LogP contribution < -0.4 is 10.1 Å². The number of benzene rings is 2. The lowest BCUT2D eigenvalue weighted by Crippen LogP contribution is -2.26. The number of amides is 1. The van der Waals surface area contributed by atoms with Crippen LogP contribution in [0.5, 0.6) is 5.75 Å². The molecule has 24 heavy (non-hydrogen) atoms. The van der Waals surface area contributed by atoms with Crippen LogP contribution in [0.15, 0.2) is 53.4 Å². The van der Waals surface area contributed by atoms with Gasteiger partial charge in [0.1, 0.15) is 5.75 Å². The zero-order valence-corrected chi connectivity index (χ0v) is 14.3. The van der Waals surface area contributed by atoms with Crippen molar-refractivity contribution < 1.29 is 22.8 Å². The molecule has 0 aromatic heterocycles. The van der Waals surface area contributed by atoms with Gasteiger partial charge in [0, 0.05) is 24.4 Å². The molecule has 2 aromatic carbocycles. The Labute approximate surface area is 140 Å². The smallest absolute Gasteiger partial charge is 0.264 e. The molecule has 2 rings (SSSR count). The van der Waals surface area contributed by atoms with Gasteiger partial charge < -0.3 is 10.1 Å². The normalized spacial score (nSPS) is 11.3. The van der Waals surface area contributed by atoms with E-state index in [-0.39, 0.29) is 10.5 Å². The van der Waals surface area contributed by atoms with E-state index in [1.54, 1.807) is 24.3 Å². The minimum Gasteiger partial charge on any atom is -0.497 e. The largest absolute Gasteiger partial charge is 0.497 e. The van der Waals surface area contributed by atoms with E-state index in [2.05, 4.69) is 5.32 Å². The summed E-state index contributed by atoms with van der Waals surface area (Å²) < 4.78 is 30.3. The number of hydrogen-bond acceptors (Lipinski definition) is 5. The summed E-state index contributed by atoms with van der Waals surface area (Å²) in [6.07, 6.45) is 0. The maximum atomic E-state index is 12.3. The Morgan fingerprint density at radius 1 is 1.08 bits per heavy atom. The fourth-order valence-electron chi connectivity index (χ4n) is 1.95. The third kappa shape index (κ3) is 3.91. The second kappa shape index (κ2) is 7.43. The molecular weight excluding hydrogens is 332 g/mol. The summed E-state index contributed by atoms with van der Waals surface area (Å²) in [4.78, 5) is 17.0. The Morgan fingerprint density at radius 3 is 2.46 bits per heavy atom. The highest BCUT2D eigenvalue weighted by Crippen LogP contribution is 2.19. The summed E-state index contributed by atoms with van der Waals surface area (Å²) in [6.45, 7) is 0. The number of hydrogen-bond donors (Lipinski definition) is 1. The first-order valence-corrected chi connectivity index (χ1v) is 8.41. The van der Waals surface area contributed by atoms with Crippen LogP contribution in [-0.2, 0) is 14.9 Å². The van der Waals surface area contributed by atoms with Crippen molar-refractivity contribution in [3.8, 4) is 5.75 Å². The first-order chi connectivity index (χ1) is 11.4. The maximum absolute atomic E-state index is 12.3. The molecule has 7 nitrogen and oxygen atoms in total. The molecule has 0 heterocycles. The molecule has 0 fully saturated rings. The number of ether oxygens (including phenoxy) is 1. The topological polar surface area (TPSA) is 84.9 Å². The number of carbonyl (C=O) groups excluding carboxylic acids is 1. The maximum Gasteiger partial charge on any atom is 0.264 e. The fraction of sp³-hybridized carbons (Fsp3) is 0.188. The number of hydroxylamine groups is 1. The average molecular weight is 350 g/mol. The standard InChI is InChI=1S/C16H18N2O5S/c1-18(23-3)24(20,21)15-9-4-6-12(10-15)16(19)17-13-7-5-8-14(11-13)22-2/h4-11H,1-3H3,(H,17,19). The van der Waals surface area contributed by atoms with Crippen LogP contribution in [0.1, 0.15) is 10.4 Å². The van der Waals surface area contributed by atoms with Crippen LogP contribution in [-0.4, -0.2) is 40.1 Å². The van der Waals surface area contributed by atoms with Crippen LogP contribution >= 0.6 is 0 Å². The molecule has 0 unspecified atom stereocenters. The SMILES string of the molecule is COc1cccc(NC(=O)c2cccc(S(=O)(=O)N(C)OC)c2)c1. The van der Waals surface area contributed by atoms with Crippen molar-refractivity contribution in [2.75, 3.05) is 26.6 Å². The monoisotopic (exact) mass is 350 g/mol. The minimum atomic E-state index is -3.82. The van der Waals surface area contributed by atoms with Gasteiger partial charge >= 0.3 is 0 Å². The van der Waals surface area contributed by atoms with Crippen LogP contribution in [0.4, 0.5) is 5.69 Å². The first kappa shape index (κ1) is 17.9. The Morgan fingerprint density at radius 2 is 1.79 bits per heavy atom. The first-order valence-electron chi connectivity index (χ1n) is 6.97. The minimum absolute atomic E-state index is 0.0369. The number of nitrogens with zero attached hydrogens (tertiary/aromatic N) is 1.